The van der Waals surface area contributed by atoms with E-state index in [0.717, 1.165) is 30.9 Å². The fourth-order valence-electron chi connectivity index (χ4n) is 2.36. The molecule has 0 atom stereocenters. The van der Waals surface area contributed by atoms with Gasteiger partial charge in [0, 0.05) is 19.6 Å². The summed E-state index contributed by atoms with van der Waals surface area (Å²) >= 11 is 0. The van der Waals surface area contributed by atoms with Gasteiger partial charge in [-0.3, -0.25) is 0 Å². The molecule has 0 spiro atoms. The molecule has 0 fully saturated rings. The van der Waals surface area contributed by atoms with Crippen LogP contribution in [0, 0.1) is 0 Å². The first-order chi connectivity index (χ1) is 12.9. The minimum atomic E-state index is -4.18. The average Bonchev–Trinajstić information content (AvgIpc) is 2.63. The SMILES string of the molecule is CCNC(=NCc1ccc(OCCN(CC)CC)cc1)NCCC(F)(F)F. The molecule has 0 saturated carbocycles. The van der Waals surface area contributed by atoms with E-state index < -0.39 is 12.6 Å². The van der Waals surface area contributed by atoms with Crippen molar-refractivity contribution in [1.82, 2.24) is 15.5 Å². The van der Waals surface area contributed by atoms with Crippen LogP contribution in [0.1, 0.15) is 32.8 Å². The van der Waals surface area contributed by atoms with Gasteiger partial charge in [-0.1, -0.05) is 26.0 Å². The summed E-state index contributed by atoms with van der Waals surface area (Å²) in [6.07, 6.45) is -5.07. The van der Waals surface area contributed by atoms with Gasteiger partial charge >= 0.3 is 6.18 Å². The summed E-state index contributed by atoms with van der Waals surface area (Å²) < 4.78 is 42.5. The van der Waals surface area contributed by atoms with Crippen molar-refractivity contribution in [3.05, 3.63) is 29.8 Å². The number of nitrogens with zero attached hydrogens (tertiary/aromatic N) is 2. The van der Waals surface area contributed by atoms with E-state index in [0.29, 0.717) is 25.7 Å². The number of benzene rings is 1. The zero-order valence-corrected chi connectivity index (χ0v) is 16.4. The van der Waals surface area contributed by atoms with Gasteiger partial charge in [0.1, 0.15) is 12.4 Å². The highest BCUT2D eigenvalue weighted by Gasteiger charge is 2.26. The maximum Gasteiger partial charge on any atom is 0.390 e. The van der Waals surface area contributed by atoms with Crippen molar-refractivity contribution in [2.24, 2.45) is 4.99 Å². The van der Waals surface area contributed by atoms with E-state index in [2.05, 4.69) is 34.4 Å². The molecule has 0 aliphatic carbocycles. The van der Waals surface area contributed by atoms with Crippen molar-refractivity contribution < 1.29 is 17.9 Å². The molecule has 0 saturated heterocycles. The Hall–Kier alpha value is -1.96. The number of ether oxygens (including phenoxy) is 1. The monoisotopic (exact) mass is 388 g/mol. The van der Waals surface area contributed by atoms with Crippen LogP contribution >= 0.6 is 0 Å². The van der Waals surface area contributed by atoms with E-state index in [-0.39, 0.29) is 6.54 Å². The Morgan fingerprint density at radius 2 is 1.74 bits per heavy atom. The Balaban J connectivity index is 2.47. The number of hydrogen-bond donors (Lipinski definition) is 2. The van der Waals surface area contributed by atoms with Crippen LogP contribution in [0.5, 0.6) is 5.75 Å². The molecule has 1 aromatic carbocycles. The number of rotatable bonds is 11. The molecular weight excluding hydrogens is 357 g/mol. The van der Waals surface area contributed by atoms with Gasteiger partial charge in [-0.2, -0.15) is 13.2 Å². The first-order valence-electron chi connectivity index (χ1n) is 9.41. The van der Waals surface area contributed by atoms with Gasteiger partial charge in [0.05, 0.1) is 13.0 Å². The van der Waals surface area contributed by atoms with Crippen LogP contribution in [-0.2, 0) is 6.54 Å². The summed E-state index contributed by atoms with van der Waals surface area (Å²) in [5, 5.41) is 5.64. The van der Waals surface area contributed by atoms with Crippen molar-refractivity contribution in [2.75, 3.05) is 39.3 Å². The van der Waals surface area contributed by atoms with Crippen LogP contribution < -0.4 is 15.4 Å². The highest BCUT2D eigenvalue weighted by molar-refractivity contribution is 5.79. The minimum Gasteiger partial charge on any atom is -0.492 e. The van der Waals surface area contributed by atoms with E-state index in [9.17, 15) is 13.2 Å². The second-order valence-electron chi connectivity index (χ2n) is 6.01. The number of alkyl halides is 3. The van der Waals surface area contributed by atoms with Gasteiger partial charge < -0.3 is 20.3 Å². The highest BCUT2D eigenvalue weighted by atomic mass is 19.4. The average molecular weight is 388 g/mol. The first-order valence-corrected chi connectivity index (χ1v) is 9.41. The van der Waals surface area contributed by atoms with E-state index >= 15 is 0 Å². The molecule has 27 heavy (non-hydrogen) atoms. The Bertz CT molecular complexity index is 543. The number of hydrogen-bond acceptors (Lipinski definition) is 3. The van der Waals surface area contributed by atoms with Gasteiger partial charge in [0.2, 0.25) is 0 Å². The second-order valence-corrected chi connectivity index (χ2v) is 6.01. The van der Waals surface area contributed by atoms with Crippen LogP contribution in [0.3, 0.4) is 0 Å². The predicted octanol–water partition coefficient (Wildman–Crippen LogP) is 3.41. The summed E-state index contributed by atoms with van der Waals surface area (Å²) in [6, 6.07) is 7.60. The van der Waals surface area contributed by atoms with Crippen molar-refractivity contribution in [3.8, 4) is 5.75 Å². The lowest BCUT2D eigenvalue weighted by atomic mass is 10.2. The zero-order valence-electron chi connectivity index (χ0n) is 16.4. The lowest BCUT2D eigenvalue weighted by Gasteiger charge is -2.18. The first kappa shape index (κ1) is 23.1. The summed E-state index contributed by atoms with van der Waals surface area (Å²) in [6.45, 7) is 10.4. The molecule has 8 heteroatoms. The third-order valence-electron chi connectivity index (χ3n) is 3.96. The van der Waals surface area contributed by atoms with E-state index in [1.54, 1.807) is 0 Å². The van der Waals surface area contributed by atoms with Crippen LogP contribution in [0.2, 0.25) is 0 Å². The fraction of sp³-hybridized carbons (Fsp3) is 0.632. The number of aliphatic imine (C=N–C) groups is 1. The van der Waals surface area contributed by atoms with Crippen LogP contribution in [-0.4, -0.2) is 56.4 Å². The van der Waals surface area contributed by atoms with Gasteiger partial charge in [-0.25, -0.2) is 4.99 Å². The van der Waals surface area contributed by atoms with E-state index in [4.69, 9.17) is 4.74 Å². The molecule has 5 nitrogen and oxygen atoms in total. The smallest absolute Gasteiger partial charge is 0.390 e. The molecule has 0 radical (unpaired) electrons. The van der Waals surface area contributed by atoms with E-state index in [1.165, 1.54) is 0 Å². The topological polar surface area (TPSA) is 48.9 Å². The number of halogens is 3. The predicted molar refractivity (Wildman–Crippen MR) is 103 cm³/mol. The lowest BCUT2D eigenvalue weighted by molar-refractivity contribution is -0.132. The molecule has 0 bridgehead atoms. The molecular formula is C19H31F3N4O. The largest absolute Gasteiger partial charge is 0.492 e. The molecule has 1 rings (SSSR count). The normalized spacial score (nSPS) is 12.3. The van der Waals surface area contributed by atoms with Gasteiger partial charge in [0.25, 0.3) is 0 Å². The third-order valence-corrected chi connectivity index (χ3v) is 3.96. The number of guanidine groups is 1. The maximum absolute atomic E-state index is 12.2. The summed E-state index contributed by atoms with van der Waals surface area (Å²) in [5.41, 5.74) is 0.958. The molecule has 0 aromatic heterocycles. The molecule has 0 aliphatic rings. The van der Waals surface area contributed by atoms with Crippen molar-refractivity contribution in [3.63, 3.8) is 0 Å². The highest BCUT2D eigenvalue weighted by Crippen LogP contribution is 2.18. The van der Waals surface area contributed by atoms with Gasteiger partial charge in [-0.15, -0.1) is 0 Å². The Morgan fingerprint density at radius 1 is 1.07 bits per heavy atom. The number of likely N-dealkylation sites (N-methyl/N-ethyl adjacent to an activating group) is 1. The molecule has 0 amide bonds. The number of nitrogens with one attached hydrogen (secondary N) is 2. The molecule has 0 unspecified atom stereocenters. The van der Waals surface area contributed by atoms with E-state index in [1.807, 2.05) is 31.2 Å². The summed E-state index contributed by atoms with van der Waals surface area (Å²) in [4.78, 5) is 6.61. The Kier molecular flexibility index (Phi) is 10.6. The minimum absolute atomic E-state index is 0.200. The quantitative estimate of drug-likeness (QED) is 0.451. The van der Waals surface area contributed by atoms with Crippen molar-refractivity contribution in [1.29, 1.82) is 0 Å². The lowest BCUT2D eigenvalue weighted by Crippen LogP contribution is -2.38. The maximum atomic E-state index is 12.2. The van der Waals surface area contributed by atoms with Crippen molar-refractivity contribution in [2.45, 2.75) is 39.9 Å². The van der Waals surface area contributed by atoms with Gasteiger partial charge in [0.15, 0.2) is 5.96 Å². The molecule has 154 valence electrons. The molecule has 2 N–H and O–H groups in total. The van der Waals surface area contributed by atoms with Crippen LogP contribution in [0.25, 0.3) is 0 Å². The Morgan fingerprint density at radius 3 is 2.30 bits per heavy atom. The molecule has 1 aromatic rings. The third kappa shape index (κ3) is 10.7. The fourth-order valence-corrected chi connectivity index (χ4v) is 2.36. The molecule has 0 aliphatic heterocycles. The summed E-state index contributed by atoms with van der Waals surface area (Å²) in [7, 11) is 0. The van der Waals surface area contributed by atoms with Crippen molar-refractivity contribution >= 4 is 5.96 Å². The standard InChI is InChI=1S/C19H31F3N4O/c1-4-23-18(24-12-11-19(20,21)22)25-15-16-7-9-17(10-8-16)27-14-13-26(5-2)6-3/h7-10H,4-6,11-15H2,1-3H3,(H2,23,24,25). The summed E-state index contributed by atoms with van der Waals surface area (Å²) in [5.74, 6) is 1.17. The zero-order chi connectivity index (χ0) is 20.1. The van der Waals surface area contributed by atoms with Gasteiger partial charge in [-0.05, 0) is 37.7 Å². The Labute approximate surface area is 160 Å². The van der Waals surface area contributed by atoms with Crippen LogP contribution in [0.4, 0.5) is 13.2 Å². The second kappa shape index (κ2) is 12.4. The van der Waals surface area contributed by atoms with Crippen LogP contribution in [0.15, 0.2) is 29.3 Å². The molecule has 0 heterocycles.